The second-order valence-electron chi connectivity index (χ2n) is 5.94. The molecule has 0 N–H and O–H groups in total. The van der Waals surface area contributed by atoms with E-state index in [4.69, 9.17) is 14.2 Å². The lowest BCUT2D eigenvalue weighted by Crippen LogP contribution is -2.32. The van der Waals surface area contributed by atoms with E-state index in [1.807, 2.05) is 49.4 Å². The van der Waals surface area contributed by atoms with E-state index in [0.717, 1.165) is 28.2 Å². The summed E-state index contributed by atoms with van der Waals surface area (Å²) in [5.74, 6) is 1.64. The summed E-state index contributed by atoms with van der Waals surface area (Å²) in [5, 5.41) is 0. The first-order valence-corrected chi connectivity index (χ1v) is 8.73. The van der Waals surface area contributed by atoms with Crippen molar-refractivity contribution in [2.24, 2.45) is 0 Å². The van der Waals surface area contributed by atoms with E-state index in [1.54, 1.807) is 14.2 Å². The van der Waals surface area contributed by atoms with Gasteiger partial charge >= 0.3 is 0 Å². The van der Waals surface area contributed by atoms with Crippen LogP contribution in [0.5, 0.6) is 11.5 Å². The van der Waals surface area contributed by atoms with Crippen molar-refractivity contribution >= 4 is 0 Å². The van der Waals surface area contributed by atoms with E-state index in [2.05, 4.69) is 36.4 Å². The third-order valence-electron chi connectivity index (χ3n) is 4.53. The zero-order chi connectivity index (χ0) is 18.4. The monoisotopic (exact) mass is 348 g/mol. The van der Waals surface area contributed by atoms with E-state index < -0.39 is 5.60 Å². The maximum Gasteiger partial charge on any atom is 0.143 e. The molecule has 0 saturated heterocycles. The quantitative estimate of drug-likeness (QED) is 0.560. The molecule has 3 heteroatoms. The van der Waals surface area contributed by atoms with Crippen molar-refractivity contribution < 1.29 is 14.2 Å². The lowest BCUT2D eigenvalue weighted by molar-refractivity contribution is 0.0215. The summed E-state index contributed by atoms with van der Waals surface area (Å²) in [4.78, 5) is 0. The molecule has 0 aliphatic heterocycles. The summed E-state index contributed by atoms with van der Waals surface area (Å²) in [6.45, 7) is 2.59. The molecule has 3 aromatic carbocycles. The number of hydrogen-bond acceptors (Lipinski definition) is 3. The molecule has 134 valence electrons. The van der Waals surface area contributed by atoms with E-state index in [1.165, 1.54) is 0 Å². The van der Waals surface area contributed by atoms with Gasteiger partial charge in [0.25, 0.3) is 0 Å². The van der Waals surface area contributed by atoms with Gasteiger partial charge in [-0.3, -0.25) is 0 Å². The van der Waals surface area contributed by atoms with Crippen LogP contribution in [-0.4, -0.2) is 20.8 Å². The average Bonchev–Trinajstić information content (AvgIpc) is 2.73. The Morgan fingerprint density at radius 3 is 1.42 bits per heavy atom. The number of rotatable bonds is 7. The zero-order valence-corrected chi connectivity index (χ0v) is 15.4. The first-order valence-electron chi connectivity index (χ1n) is 8.73. The standard InChI is InChI=1S/C23H24O3/c1-4-26-23(18-8-6-5-7-9-18,19-10-14-21(24-2)15-11-19)20-12-16-22(25-3)17-13-20/h5-17H,4H2,1-3H3. The fraction of sp³-hybridized carbons (Fsp3) is 0.217. The smallest absolute Gasteiger partial charge is 0.143 e. The molecule has 0 heterocycles. The molecule has 0 saturated carbocycles. The van der Waals surface area contributed by atoms with Gasteiger partial charge in [0.15, 0.2) is 0 Å². The van der Waals surface area contributed by atoms with Gasteiger partial charge in [-0.2, -0.15) is 0 Å². The van der Waals surface area contributed by atoms with E-state index in [-0.39, 0.29) is 0 Å². The first kappa shape index (κ1) is 18.0. The largest absolute Gasteiger partial charge is 0.497 e. The Balaban J connectivity index is 2.23. The van der Waals surface area contributed by atoms with Crippen LogP contribution in [0.15, 0.2) is 78.9 Å². The minimum atomic E-state index is -0.700. The Bertz CT molecular complexity index is 761. The third kappa shape index (κ3) is 3.31. The van der Waals surface area contributed by atoms with Crippen molar-refractivity contribution in [3.05, 3.63) is 95.6 Å². The van der Waals surface area contributed by atoms with E-state index in [0.29, 0.717) is 6.61 Å². The van der Waals surface area contributed by atoms with Gasteiger partial charge < -0.3 is 14.2 Å². The zero-order valence-electron chi connectivity index (χ0n) is 15.4. The molecule has 26 heavy (non-hydrogen) atoms. The van der Waals surface area contributed by atoms with Crippen LogP contribution in [0, 0.1) is 0 Å². The molecule has 0 atom stereocenters. The van der Waals surface area contributed by atoms with Gasteiger partial charge in [-0.25, -0.2) is 0 Å². The molecule has 3 rings (SSSR count). The highest BCUT2D eigenvalue weighted by atomic mass is 16.5. The molecule has 0 fully saturated rings. The van der Waals surface area contributed by atoms with Gasteiger partial charge in [0.05, 0.1) is 14.2 Å². The predicted octanol–water partition coefficient (Wildman–Crippen LogP) is 5.03. The SMILES string of the molecule is CCOC(c1ccccc1)(c1ccc(OC)cc1)c1ccc(OC)cc1. The highest BCUT2D eigenvalue weighted by Crippen LogP contribution is 2.41. The first-order chi connectivity index (χ1) is 12.7. The van der Waals surface area contributed by atoms with Gasteiger partial charge in [0, 0.05) is 6.61 Å². The molecule has 3 aromatic rings. The summed E-state index contributed by atoms with van der Waals surface area (Å²) in [7, 11) is 3.34. The van der Waals surface area contributed by atoms with Gasteiger partial charge in [-0.15, -0.1) is 0 Å². The Labute approximate surface area is 155 Å². The Morgan fingerprint density at radius 2 is 1.04 bits per heavy atom. The minimum absolute atomic E-state index is 0.576. The number of ether oxygens (including phenoxy) is 3. The number of benzene rings is 3. The lowest BCUT2D eigenvalue weighted by atomic mass is 9.80. The Hall–Kier alpha value is -2.78. The summed E-state index contributed by atoms with van der Waals surface area (Å²) < 4.78 is 17.1. The highest BCUT2D eigenvalue weighted by Gasteiger charge is 2.37. The second-order valence-corrected chi connectivity index (χ2v) is 5.94. The van der Waals surface area contributed by atoms with Crippen molar-refractivity contribution in [2.45, 2.75) is 12.5 Å². The molecule has 0 aromatic heterocycles. The van der Waals surface area contributed by atoms with Crippen LogP contribution in [0.3, 0.4) is 0 Å². The third-order valence-corrected chi connectivity index (χ3v) is 4.53. The van der Waals surface area contributed by atoms with Crippen LogP contribution in [-0.2, 0) is 10.3 Å². The van der Waals surface area contributed by atoms with Crippen molar-refractivity contribution in [1.29, 1.82) is 0 Å². The number of methoxy groups -OCH3 is 2. The van der Waals surface area contributed by atoms with Crippen LogP contribution < -0.4 is 9.47 Å². The average molecular weight is 348 g/mol. The van der Waals surface area contributed by atoms with Crippen LogP contribution in [0.25, 0.3) is 0 Å². The van der Waals surface area contributed by atoms with Crippen LogP contribution >= 0.6 is 0 Å². The van der Waals surface area contributed by atoms with Gasteiger partial charge in [-0.05, 0) is 47.9 Å². The molecule has 0 unspecified atom stereocenters. The summed E-state index contributed by atoms with van der Waals surface area (Å²) >= 11 is 0. The van der Waals surface area contributed by atoms with E-state index in [9.17, 15) is 0 Å². The van der Waals surface area contributed by atoms with Gasteiger partial charge in [-0.1, -0.05) is 54.6 Å². The minimum Gasteiger partial charge on any atom is -0.497 e. The summed E-state index contributed by atoms with van der Waals surface area (Å²) in [6.07, 6.45) is 0. The predicted molar refractivity (Wildman–Crippen MR) is 104 cm³/mol. The summed E-state index contributed by atoms with van der Waals surface area (Å²) in [6, 6.07) is 26.4. The summed E-state index contributed by atoms with van der Waals surface area (Å²) in [5.41, 5.74) is 2.49. The molecule has 0 amide bonds. The van der Waals surface area contributed by atoms with Crippen molar-refractivity contribution in [3.8, 4) is 11.5 Å². The van der Waals surface area contributed by atoms with Crippen molar-refractivity contribution in [2.75, 3.05) is 20.8 Å². The highest BCUT2D eigenvalue weighted by molar-refractivity contribution is 5.49. The van der Waals surface area contributed by atoms with E-state index >= 15 is 0 Å². The maximum atomic E-state index is 6.45. The molecule has 0 aliphatic rings. The van der Waals surface area contributed by atoms with Gasteiger partial charge in [0.2, 0.25) is 0 Å². The molecule has 0 spiro atoms. The van der Waals surface area contributed by atoms with Gasteiger partial charge in [0.1, 0.15) is 17.1 Å². The molecule has 0 bridgehead atoms. The molecule has 0 aliphatic carbocycles. The van der Waals surface area contributed by atoms with Crippen LogP contribution in [0.4, 0.5) is 0 Å². The molecular formula is C23H24O3. The molecule has 0 radical (unpaired) electrons. The maximum absolute atomic E-state index is 6.45. The Kier molecular flexibility index (Phi) is 5.59. The lowest BCUT2D eigenvalue weighted by Gasteiger charge is -2.35. The molecular weight excluding hydrogens is 324 g/mol. The van der Waals surface area contributed by atoms with Crippen molar-refractivity contribution in [1.82, 2.24) is 0 Å². The number of hydrogen-bond donors (Lipinski definition) is 0. The Morgan fingerprint density at radius 1 is 0.615 bits per heavy atom. The molecule has 3 nitrogen and oxygen atoms in total. The topological polar surface area (TPSA) is 27.7 Å². The fourth-order valence-electron chi connectivity index (χ4n) is 3.29. The normalized spacial score (nSPS) is 11.2. The van der Waals surface area contributed by atoms with Crippen molar-refractivity contribution in [3.63, 3.8) is 0 Å². The van der Waals surface area contributed by atoms with Crippen LogP contribution in [0.2, 0.25) is 0 Å². The van der Waals surface area contributed by atoms with Crippen LogP contribution in [0.1, 0.15) is 23.6 Å². The second kappa shape index (κ2) is 8.07. The fourth-order valence-corrected chi connectivity index (χ4v) is 3.29.